The van der Waals surface area contributed by atoms with E-state index in [-0.39, 0.29) is 11.8 Å². The molecule has 0 unspecified atom stereocenters. The summed E-state index contributed by atoms with van der Waals surface area (Å²) in [5.41, 5.74) is 12.8. The summed E-state index contributed by atoms with van der Waals surface area (Å²) >= 11 is 3.06. The minimum absolute atomic E-state index is 0.127. The lowest BCUT2D eigenvalue weighted by atomic mass is 10.1. The second kappa shape index (κ2) is 23.7. The van der Waals surface area contributed by atoms with E-state index in [1.54, 1.807) is 24.8 Å². The van der Waals surface area contributed by atoms with Crippen LogP contribution >= 0.6 is 22.7 Å². The standard InChI is InChI=1S/C27H27N5O2S.C27H29N5OS/c1-19-4-9-23(15-24(19)30-27-31-25(18-35-27)22-3-2-10-28-16-22)29-26(33)21-7-5-20(6-8-21)17-32-11-13-34-14-12-32;1-4-32(5-2)17-20-9-11-21(12-10-20)26(33)29-23-13-8-19(3)24(15-23)30-27-31-25(18-34-27)22-7-6-14-28-16-22/h2-10,15-16,18H,11-14,17H2,1H3,(H,29,33)(H,30,31);6-16,18H,4-5,17H2,1-3H3,(H,29,33)(H,30,31). The van der Waals surface area contributed by atoms with Crippen LogP contribution in [0.3, 0.4) is 0 Å². The topological polar surface area (TPSA) is 150 Å². The first-order valence-corrected chi connectivity index (χ1v) is 24.8. The molecular formula is C54H56N10O3S2. The minimum Gasteiger partial charge on any atom is -0.379 e. The highest BCUT2D eigenvalue weighted by molar-refractivity contribution is 7.14. The molecule has 0 spiro atoms. The summed E-state index contributed by atoms with van der Waals surface area (Å²) in [5, 5.41) is 18.4. The summed E-state index contributed by atoms with van der Waals surface area (Å²) < 4.78 is 5.41. The lowest BCUT2D eigenvalue weighted by Crippen LogP contribution is -2.35. The van der Waals surface area contributed by atoms with E-state index in [1.807, 2.05) is 134 Å². The third kappa shape index (κ3) is 13.5. The largest absolute Gasteiger partial charge is 0.379 e. The van der Waals surface area contributed by atoms with Crippen molar-refractivity contribution in [1.82, 2.24) is 29.7 Å². The van der Waals surface area contributed by atoms with Crippen LogP contribution in [-0.4, -0.2) is 80.9 Å². The average Bonchev–Trinajstić information content (AvgIpc) is 4.07. The zero-order chi connectivity index (χ0) is 48.0. The Morgan fingerprint density at radius 2 is 1.12 bits per heavy atom. The Kier molecular flexibility index (Phi) is 16.6. The number of nitrogens with one attached hydrogen (secondary N) is 4. The number of nitrogens with zero attached hydrogens (tertiary/aromatic N) is 6. The third-order valence-electron chi connectivity index (χ3n) is 11.6. The van der Waals surface area contributed by atoms with E-state index in [0.29, 0.717) is 11.1 Å². The fourth-order valence-corrected chi connectivity index (χ4v) is 8.97. The van der Waals surface area contributed by atoms with Gasteiger partial charge in [-0.25, -0.2) is 9.97 Å². The third-order valence-corrected chi connectivity index (χ3v) is 13.2. The molecule has 0 atom stereocenters. The second-order valence-electron chi connectivity index (χ2n) is 16.5. The first kappa shape index (κ1) is 48.3. The number of morpholine rings is 1. The molecule has 0 saturated carbocycles. The van der Waals surface area contributed by atoms with E-state index in [9.17, 15) is 9.59 Å². The molecular weight excluding hydrogens is 901 g/mol. The molecule has 352 valence electrons. The molecule has 1 fully saturated rings. The number of ether oxygens (including phenoxy) is 1. The Balaban J connectivity index is 0.000000186. The predicted octanol–water partition coefficient (Wildman–Crippen LogP) is 11.7. The molecule has 1 aliphatic heterocycles. The molecule has 15 heteroatoms. The fourth-order valence-electron chi connectivity index (χ4n) is 7.51. The van der Waals surface area contributed by atoms with Gasteiger partial charge in [0.1, 0.15) is 0 Å². The van der Waals surface area contributed by atoms with Gasteiger partial charge in [-0.1, -0.05) is 50.2 Å². The number of benzene rings is 4. The molecule has 69 heavy (non-hydrogen) atoms. The Bertz CT molecular complexity index is 2920. The molecule has 8 aromatic rings. The van der Waals surface area contributed by atoms with E-state index >= 15 is 0 Å². The maximum atomic E-state index is 12.9. The summed E-state index contributed by atoms with van der Waals surface area (Å²) in [5.74, 6) is -0.261. The van der Waals surface area contributed by atoms with Gasteiger partial charge in [-0.05, 0) is 122 Å². The Hall–Kier alpha value is -7.14. The number of carbonyl (C=O) groups excluding carboxylic acids is 2. The van der Waals surface area contributed by atoms with Crippen molar-refractivity contribution in [1.29, 1.82) is 0 Å². The summed E-state index contributed by atoms with van der Waals surface area (Å²) in [6.07, 6.45) is 7.10. The number of aryl methyl sites for hydroxylation is 2. The monoisotopic (exact) mass is 956 g/mol. The van der Waals surface area contributed by atoms with Crippen molar-refractivity contribution in [2.75, 3.05) is 60.7 Å². The molecule has 0 radical (unpaired) electrons. The Labute approximate surface area is 411 Å². The van der Waals surface area contributed by atoms with Crippen molar-refractivity contribution in [3.63, 3.8) is 0 Å². The molecule has 0 aliphatic carbocycles. The van der Waals surface area contributed by atoms with Gasteiger partial charge in [-0.2, -0.15) is 0 Å². The average molecular weight is 957 g/mol. The van der Waals surface area contributed by atoms with E-state index in [2.05, 4.69) is 64.9 Å². The molecule has 0 bridgehead atoms. The van der Waals surface area contributed by atoms with Crippen LogP contribution in [0.5, 0.6) is 0 Å². The van der Waals surface area contributed by atoms with E-state index in [0.717, 1.165) is 119 Å². The minimum atomic E-state index is -0.133. The van der Waals surface area contributed by atoms with Gasteiger partial charge < -0.3 is 26.0 Å². The number of hydrogen-bond donors (Lipinski definition) is 4. The summed E-state index contributed by atoms with van der Waals surface area (Å²) in [6, 6.07) is 35.1. The van der Waals surface area contributed by atoms with Gasteiger partial charge in [0.2, 0.25) is 0 Å². The van der Waals surface area contributed by atoms with Gasteiger partial charge in [0.25, 0.3) is 11.8 Å². The first-order chi connectivity index (χ1) is 33.7. The maximum absolute atomic E-state index is 12.9. The van der Waals surface area contributed by atoms with Crippen molar-refractivity contribution in [2.24, 2.45) is 0 Å². The van der Waals surface area contributed by atoms with Crippen molar-refractivity contribution in [3.05, 3.63) is 178 Å². The zero-order valence-corrected chi connectivity index (χ0v) is 40.9. The molecule has 2 amide bonds. The molecule has 9 rings (SSSR count). The number of anilines is 6. The Morgan fingerprint density at radius 3 is 1.57 bits per heavy atom. The van der Waals surface area contributed by atoms with Crippen molar-refractivity contribution in [2.45, 2.75) is 40.8 Å². The second-order valence-corrected chi connectivity index (χ2v) is 18.2. The van der Waals surface area contributed by atoms with Crippen LogP contribution in [0.4, 0.5) is 33.0 Å². The van der Waals surface area contributed by atoms with Crippen molar-refractivity contribution < 1.29 is 14.3 Å². The SMILES string of the molecule is CCN(CC)Cc1ccc(C(=O)Nc2ccc(C)c(Nc3nc(-c4cccnc4)cs3)c2)cc1.Cc1ccc(NC(=O)c2ccc(CN3CCOCC3)cc2)cc1Nc1nc(-c2cccnc2)cs1. The van der Waals surface area contributed by atoms with E-state index in [4.69, 9.17) is 4.74 Å². The van der Waals surface area contributed by atoms with Gasteiger partial charge in [0, 0.05) is 107 Å². The number of carbonyl (C=O) groups is 2. The van der Waals surface area contributed by atoms with Crippen LogP contribution in [0, 0.1) is 13.8 Å². The van der Waals surface area contributed by atoms with Crippen LogP contribution in [0.2, 0.25) is 0 Å². The molecule has 1 aliphatic rings. The first-order valence-electron chi connectivity index (χ1n) is 23.0. The van der Waals surface area contributed by atoms with Gasteiger partial charge in [0.15, 0.2) is 10.3 Å². The van der Waals surface area contributed by atoms with Crippen LogP contribution in [0.15, 0.2) is 145 Å². The highest BCUT2D eigenvalue weighted by atomic mass is 32.1. The van der Waals surface area contributed by atoms with Crippen molar-refractivity contribution in [3.8, 4) is 22.5 Å². The number of hydrogen-bond acceptors (Lipinski definition) is 13. The molecule has 4 aromatic carbocycles. The maximum Gasteiger partial charge on any atom is 0.255 e. The smallest absolute Gasteiger partial charge is 0.255 e. The van der Waals surface area contributed by atoms with Gasteiger partial charge in [-0.3, -0.25) is 29.4 Å². The number of amides is 2. The van der Waals surface area contributed by atoms with E-state index < -0.39 is 0 Å². The molecule has 4 N–H and O–H groups in total. The zero-order valence-electron chi connectivity index (χ0n) is 39.2. The van der Waals surface area contributed by atoms with Crippen LogP contribution in [0.1, 0.15) is 56.8 Å². The molecule has 5 heterocycles. The molecule has 4 aromatic heterocycles. The number of aromatic nitrogens is 4. The highest BCUT2D eigenvalue weighted by Crippen LogP contribution is 2.31. The van der Waals surface area contributed by atoms with Crippen LogP contribution < -0.4 is 21.3 Å². The normalized spacial score (nSPS) is 12.5. The van der Waals surface area contributed by atoms with Crippen LogP contribution in [0.25, 0.3) is 22.5 Å². The number of pyridine rings is 2. The highest BCUT2D eigenvalue weighted by Gasteiger charge is 2.14. The fraction of sp³-hybridized carbons (Fsp3) is 0.222. The quantitative estimate of drug-likeness (QED) is 0.0733. The molecule has 1 saturated heterocycles. The van der Waals surface area contributed by atoms with Gasteiger partial charge in [0.05, 0.1) is 24.6 Å². The van der Waals surface area contributed by atoms with Gasteiger partial charge in [-0.15, -0.1) is 22.7 Å². The number of rotatable bonds is 16. The summed E-state index contributed by atoms with van der Waals surface area (Å²) in [7, 11) is 0. The predicted molar refractivity (Wildman–Crippen MR) is 281 cm³/mol. The summed E-state index contributed by atoms with van der Waals surface area (Å²) in [4.78, 5) is 48.0. The van der Waals surface area contributed by atoms with Gasteiger partial charge >= 0.3 is 0 Å². The van der Waals surface area contributed by atoms with Crippen LogP contribution in [-0.2, 0) is 17.8 Å². The lowest BCUT2D eigenvalue weighted by Gasteiger charge is -2.26. The van der Waals surface area contributed by atoms with Crippen molar-refractivity contribution >= 4 is 67.5 Å². The Morgan fingerprint density at radius 1 is 0.638 bits per heavy atom. The summed E-state index contributed by atoms with van der Waals surface area (Å²) in [6.45, 7) is 15.6. The van der Waals surface area contributed by atoms with E-state index in [1.165, 1.54) is 33.8 Å². The lowest BCUT2D eigenvalue weighted by molar-refractivity contribution is 0.0342. The number of thiazole rings is 2. The molecule has 13 nitrogen and oxygen atoms in total.